The van der Waals surface area contributed by atoms with Crippen molar-refractivity contribution in [2.24, 2.45) is 0 Å². The van der Waals surface area contributed by atoms with Crippen LogP contribution in [0.25, 0.3) is 0 Å². The van der Waals surface area contributed by atoms with Gasteiger partial charge in [-0.1, -0.05) is 0 Å². The Morgan fingerprint density at radius 2 is 2.08 bits per heavy atom. The molecule has 0 saturated carbocycles. The Morgan fingerprint density at radius 1 is 1.42 bits per heavy atom. The van der Waals surface area contributed by atoms with Crippen molar-refractivity contribution >= 4 is 13.6 Å². The van der Waals surface area contributed by atoms with Gasteiger partial charge in [-0.05, 0) is 0 Å². The van der Waals surface area contributed by atoms with Gasteiger partial charge in [-0.3, -0.25) is 0 Å². The zero-order chi connectivity index (χ0) is 9.40. The van der Waals surface area contributed by atoms with Crippen molar-refractivity contribution in [3.63, 3.8) is 0 Å². The molecule has 12 heavy (non-hydrogen) atoms. The van der Waals surface area contributed by atoms with E-state index < -0.39 is 6.61 Å². The predicted octanol–water partition coefficient (Wildman–Crippen LogP) is 2.93. The monoisotopic (exact) mass is 286 g/mol. The van der Waals surface area contributed by atoms with Gasteiger partial charge < -0.3 is 4.74 Å². The minimum atomic E-state index is -2.77. The average Bonchev–Trinajstić information content (AvgIpc) is 2.08. The van der Waals surface area contributed by atoms with Crippen LogP contribution in [0.4, 0.5) is 8.78 Å². The number of para-hydroxylation sites is 1. The van der Waals surface area contributed by atoms with E-state index in [1.807, 2.05) is 0 Å². The van der Waals surface area contributed by atoms with Crippen molar-refractivity contribution < 1.29 is 29.9 Å². The molecular formula is C7H5BrF2OZn. The summed E-state index contributed by atoms with van der Waals surface area (Å²) in [6.07, 6.45) is 0. The first-order valence-electron chi connectivity index (χ1n) is 2.97. The topological polar surface area (TPSA) is 9.23 Å². The fraction of sp³-hybridized carbons (Fsp3) is 0.143. The SMILES string of the molecule is FC(F)Oc1[c-]cccc1.[Zn+][Br]. The average molecular weight is 288 g/mol. The van der Waals surface area contributed by atoms with Crippen molar-refractivity contribution in [2.75, 3.05) is 0 Å². The van der Waals surface area contributed by atoms with E-state index in [4.69, 9.17) is 0 Å². The maximum atomic E-state index is 11.5. The van der Waals surface area contributed by atoms with Crippen LogP contribution in [0.5, 0.6) is 5.75 Å². The molecule has 0 fully saturated rings. The number of halogens is 3. The van der Waals surface area contributed by atoms with Gasteiger partial charge in [-0.2, -0.15) is 27.0 Å². The van der Waals surface area contributed by atoms with Crippen LogP contribution in [-0.4, -0.2) is 6.61 Å². The molecule has 0 aliphatic heterocycles. The number of hydrogen-bond acceptors (Lipinski definition) is 1. The summed E-state index contributed by atoms with van der Waals surface area (Å²) in [6, 6.07) is 8.72. The molecule has 0 amide bonds. The number of ether oxygens (including phenoxy) is 1. The quantitative estimate of drug-likeness (QED) is 0.600. The molecule has 0 aliphatic rings. The molecular weight excluding hydrogens is 283 g/mol. The van der Waals surface area contributed by atoms with Crippen LogP contribution in [0.1, 0.15) is 0 Å². The predicted molar refractivity (Wildman–Crippen MR) is 40.8 cm³/mol. The van der Waals surface area contributed by atoms with Gasteiger partial charge in [0.1, 0.15) is 0 Å². The van der Waals surface area contributed by atoms with Gasteiger partial charge in [0.05, 0.1) is 0 Å². The first-order valence-corrected chi connectivity index (χ1v) is 9.92. The Balaban J connectivity index is 0.000000561. The van der Waals surface area contributed by atoms with Crippen LogP contribution in [0, 0.1) is 6.07 Å². The van der Waals surface area contributed by atoms with Crippen LogP contribution >= 0.6 is 13.6 Å². The number of hydrogen-bond donors (Lipinski definition) is 0. The standard InChI is InChI=1S/C7H5F2O.BrH.Zn/c8-7(9)10-6-4-2-1-3-5-6;;/h1-4,7H;1H;/q-1;;+2/p-1. The van der Waals surface area contributed by atoms with Crippen molar-refractivity contribution in [2.45, 2.75) is 6.61 Å². The van der Waals surface area contributed by atoms with Crippen molar-refractivity contribution in [3.8, 4) is 5.75 Å². The minimum absolute atomic E-state index is 0.0671. The molecule has 0 heterocycles. The molecule has 1 nitrogen and oxygen atoms in total. The summed E-state index contributed by atoms with van der Waals surface area (Å²) >= 11 is 4.25. The van der Waals surface area contributed by atoms with Gasteiger partial charge in [0.15, 0.2) is 0 Å². The third kappa shape index (κ3) is 5.61. The number of alkyl halides is 2. The molecule has 5 heteroatoms. The fourth-order valence-electron chi connectivity index (χ4n) is 0.546. The van der Waals surface area contributed by atoms with Gasteiger partial charge in [0.2, 0.25) is 0 Å². The normalized spacial score (nSPS) is 8.83. The van der Waals surface area contributed by atoms with Crippen LogP contribution in [0.3, 0.4) is 0 Å². The van der Waals surface area contributed by atoms with E-state index in [-0.39, 0.29) is 5.75 Å². The summed E-state index contributed by atoms with van der Waals surface area (Å²) in [5, 5.41) is 0. The molecule has 0 aromatic heterocycles. The van der Waals surface area contributed by atoms with E-state index in [2.05, 4.69) is 24.4 Å². The molecule has 0 aliphatic carbocycles. The molecule has 0 spiro atoms. The third-order valence-corrected chi connectivity index (χ3v) is 0.897. The summed E-state index contributed by atoms with van der Waals surface area (Å²) < 4.78 is 27.0. The van der Waals surface area contributed by atoms with Crippen LogP contribution < -0.4 is 4.74 Å². The fourth-order valence-corrected chi connectivity index (χ4v) is 0.546. The first-order chi connectivity index (χ1) is 5.79. The van der Waals surface area contributed by atoms with E-state index in [1.165, 1.54) is 28.5 Å². The van der Waals surface area contributed by atoms with Crippen molar-refractivity contribution in [1.29, 1.82) is 0 Å². The summed E-state index contributed by atoms with van der Waals surface area (Å²) in [4.78, 5) is 0. The second-order valence-corrected chi connectivity index (χ2v) is 1.61. The molecule has 0 bridgehead atoms. The van der Waals surface area contributed by atoms with Gasteiger partial charge >= 0.3 is 36.6 Å². The second kappa shape index (κ2) is 7.62. The molecule has 1 rings (SSSR count). The Morgan fingerprint density at radius 3 is 2.50 bits per heavy atom. The third-order valence-electron chi connectivity index (χ3n) is 0.897. The maximum absolute atomic E-state index is 11.5. The van der Waals surface area contributed by atoms with Crippen LogP contribution in [0.15, 0.2) is 24.3 Å². The zero-order valence-corrected chi connectivity index (χ0v) is 10.7. The van der Waals surface area contributed by atoms with Crippen molar-refractivity contribution in [3.05, 3.63) is 30.3 Å². The Kier molecular flexibility index (Phi) is 7.61. The molecule has 1 aromatic carbocycles. The summed E-state index contributed by atoms with van der Waals surface area (Å²) in [6.45, 7) is -2.77. The summed E-state index contributed by atoms with van der Waals surface area (Å²) in [5.74, 6) is 0.0671. The summed E-state index contributed by atoms with van der Waals surface area (Å²) in [7, 11) is 0. The van der Waals surface area contributed by atoms with Crippen molar-refractivity contribution in [1.82, 2.24) is 0 Å². The van der Waals surface area contributed by atoms with Crippen LogP contribution in [-0.2, 0) is 16.3 Å². The zero-order valence-electron chi connectivity index (χ0n) is 6.14. The van der Waals surface area contributed by atoms with E-state index in [0.717, 1.165) is 0 Å². The van der Waals surface area contributed by atoms with E-state index in [1.54, 1.807) is 12.1 Å². The molecule has 0 atom stereocenters. The van der Waals surface area contributed by atoms with Crippen LogP contribution in [0.2, 0.25) is 0 Å². The summed E-state index contributed by atoms with van der Waals surface area (Å²) in [5.41, 5.74) is 0. The molecule has 0 radical (unpaired) electrons. The van der Waals surface area contributed by atoms with E-state index in [9.17, 15) is 8.78 Å². The molecule has 62 valence electrons. The van der Waals surface area contributed by atoms with Gasteiger partial charge in [-0.25, -0.2) is 0 Å². The van der Waals surface area contributed by atoms with Gasteiger partial charge in [0, 0.05) is 5.75 Å². The second-order valence-electron chi connectivity index (χ2n) is 1.61. The van der Waals surface area contributed by atoms with Gasteiger partial charge in [-0.15, -0.1) is 12.1 Å². The molecule has 0 N–H and O–H groups in total. The molecule has 1 aromatic rings. The molecule has 0 saturated heterocycles. The number of benzene rings is 1. The van der Waals surface area contributed by atoms with E-state index >= 15 is 0 Å². The Bertz CT molecular complexity index is 196. The van der Waals surface area contributed by atoms with E-state index in [0.29, 0.717) is 0 Å². The van der Waals surface area contributed by atoms with Gasteiger partial charge in [0.25, 0.3) is 0 Å². The number of rotatable bonds is 2. The first kappa shape index (κ1) is 12.0. The Hall–Kier alpha value is -0.0166. The molecule has 0 unspecified atom stereocenters. The Labute approximate surface area is 86.1 Å².